The molecule has 104 valence electrons. The van der Waals surface area contributed by atoms with Gasteiger partial charge in [-0.25, -0.2) is 0 Å². The second-order valence-corrected chi connectivity index (χ2v) is 9.98. The molecule has 4 aliphatic carbocycles. The summed E-state index contributed by atoms with van der Waals surface area (Å²) >= 11 is 9.02. The molecule has 0 unspecified atom stereocenters. The molecule has 0 atom stereocenters. The Kier molecular flexibility index (Phi) is 3.58. The van der Waals surface area contributed by atoms with Gasteiger partial charge in [0.15, 0.2) is 0 Å². The molecular formula is C15H19Br2NS. The minimum absolute atomic E-state index is 0.799. The standard InChI is InChI=1S/C15H19Br2NS/c16-13-6-12(19-15(13)17)7-18-14-10-2-8-1-9(4-10)5-11(14)3-8/h6,8-11,14,18H,1-5,7H2. The lowest BCUT2D eigenvalue weighted by Crippen LogP contribution is -2.54. The van der Waals surface area contributed by atoms with Crippen molar-refractivity contribution in [1.82, 2.24) is 5.32 Å². The summed E-state index contributed by atoms with van der Waals surface area (Å²) in [5, 5.41) is 3.89. The van der Waals surface area contributed by atoms with E-state index in [0.29, 0.717) is 0 Å². The van der Waals surface area contributed by atoms with Crippen LogP contribution in [0.1, 0.15) is 37.0 Å². The SMILES string of the molecule is Brc1cc(CNC2C3CC4CC(C3)CC2C4)sc1Br. The Morgan fingerprint density at radius 2 is 1.68 bits per heavy atom. The summed E-state index contributed by atoms with van der Waals surface area (Å²) < 4.78 is 2.41. The Balaban J connectivity index is 1.43. The Morgan fingerprint density at radius 1 is 1.05 bits per heavy atom. The van der Waals surface area contributed by atoms with Gasteiger partial charge in [0.1, 0.15) is 0 Å². The molecule has 4 saturated carbocycles. The van der Waals surface area contributed by atoms with E-state index in [2.05, 4.69) is 43.2 Å². The summed E-state index contributed by atoms with van der Waals surface area (Å²) in [7, 11) is 0. The van der Waals surface area contributed by atoms with Crippen molar-refractivity contribution in [2.45, 2.75) is 44.7 Å². The summed E-state index contributed by atoms with van der Waals surface area (Å²) in [6, 6.07) is 3.05. The van der Waals surface area contributed by atoms with Crippen LogP contribution in [-0.4, -0.2) is 6.04 Å². The minimum atomic E-state index is 0.799. The molecular weight excluding hydrogens is 386 g/mol. The van der Waals surface area contributed by atoms with Gasteiger partial charge in [-0.1, -0.05) is 0 Å². The van der Waals surface area contributed by atoms with Gasteiger partial charge in [-0.15, -0.1) is 11.3 Å². The van der Waals surface area contributed by atoms with Gasteiger partial charge < -0.3 is 5.32 Å². The first-order valence-corrected chi connectivity index (χ1v) is 9.76. The molecule has 1 aromatic rings. The first kappa shape index (κ1) is 13.3. The number of hydrogen-bond donors (Lipinski definition) is 1. The van der Waals surface area contributed by atoms with Gasteiger partial charge in [0.2, 0.25) is 0 Å². The fraction of sp³-hybridized carbons (Fsp3) is 0.733. The summed E-state index contributed by atoms with van der Waals surface area (Å²) in [4.78, 5) is 1.44. The molecule has 19 heavy (non-hydrogen) atoms. The van der Waals surface area contributed by atoms with Crippen molar-refractivity contribution in [1.29, 1.82) is 0 Å². The van der Waals surface area contributed by atoms with E-state index in [1.54, 1.807) is 6.42 Å². The number of nitrogens with one attached hydrogen (secondary N) is 1. The third-order valence-corrected chi connectivity index (χ3v) is 8.69. The van der Waals surface area contributed by atoms with Gasteiger partial charge in [0, 0.05) is 21.9 Å². The van der Waals surface area contributed by atoms with Gasteiger partial charge in [-0.2, -0.15) is 0 Å². The molecule has 4 heteroatoms. The maximum absolute atomic E-state index is 3.89. The zero-order chi connectivity index (χ0) is 13.0. The van der Waals surface area contributed by atoms with Crippen LogP contribution in [0, 0.1) is 23.7 Å². The largest absolute Gasteiger partial charge is 0.309 e. The van der Waals surface area contributed by atoms with E-state index in [4.69, 9.17) is 0 Å². The highest BCUT2D eigenvalue weighted by Crippen LogP contribution is 2.53. The van der Waals surface area contributed by atoms with Crippen LogP contribution in [0.4, 0.5) is 0 Å². The predicted molar refractivity (Wildman–Crippen MR) is 87.4 cm³/mol. The number of halogens is 2. The van der Waals surface area contributed by atoms with Gasteiger partial charge in [-0.3, -0.25) is 0 Å². The maximum atomic E-state index is 3.89. The molecule has 0 aromatic carbocycles. The van der Waals surface area contributed by atoms with Crippen molar-refractivity contribution < 1.29 is 0 Å². The smallest absolute Gasteiger partial charge is 0.0843 e. The zero-order valence-electron chi connectivity index (χ0n) is 10.9. The normalized spacial score (nSPS) is 40.0. The first-order chi connectivity index (χ1) is 9.19. The van der Waals surface area contributed by atoms with Crippen LogP contribution in [0.25, 0.3) is 0 Å². The molecule has 4 fully saturated rings. The highest BCUT2D eigenvalue weighted by atomic mass is 79.9. The lowest BCUT2D eigenvalue weighted by Gasteiger charge is -2.54. The molecule has 1 N–H and O–H groups in total. The number of hydrogen-bond acceptors (Lipinski definition) is 2. The summed E-state index contributed by atoms with van der Waals surface area (Å²) in [6.07, 6.45) is 7.56. The van der Waals surface area contributed by atoms with E-state index >= 15 is 0 Å². The van der Waals surface area contributed by atoms with Crippen LogP contribution in [0.3, 0.4) is 0 Å². The van der Waals surface area contributed by atoms with Crippen molar-refractivity contribution >= 4 is 43.2 Å². The monoisotopic (exact) mass is 403 g/mol. The topological polar surface area (TPSA) is 12.0 Å². The van der Waals surface area contributed by atoms with Crippen molar-refractivity contribution in [2.75, 3.05) is 0 Å². The molecule has 0 saturated heterocycles. The van der Waals surface area contributed by atoms with Crippen molar-refractivity contribution in [2.24, 2.45) is 23.7 Å². The third-order valence-electron chi connectivity index (χ3n) is 5.43. The highest BCUT2D eigenvalue weighted by Gasteiger charge is 2.47. The Hall–Kier alpha value is 0.620. The summed E-state index contributed by atoms with van der Waals surface area (Å²) in [5.74, 6) is 4.10. The van der Waals surface area contributed by atoms with E-state index < -0.39 is 0 Å². The van der Waals surface area contributed by atoms with Crippen LogP contribution in [-0.2, 0) is 6.54 Å². The van der Waals surface area contributed by atoms with E-state index in [1.807, 2.05) is 11.3 Å². The second-order valence-electron chi connectivity index (χ2n) is 6.67. The van der Waals surface area contributed by atoms with Crippen LogP contribution in [0.2, 0.25) is 0 Å². The minimum Gasteiger partial charge on any atom is -0.309 e. The van der Waals surface area contributed by atoms with Crippen LogP contribution in [0.5, 0.6) is 0 Å². The Labute approximate surface area is 135 Å². The maximum Gasteiger partial charge on any atom is 0.0843 e. The van der Waals surface area contributed by atoms with Crippen molar-refractivity contribution in [3.8, 4) is 0 Å². The summed E-state index contributed by atoms with van der Waals surface area (Å²) in [5.41, 5.74) is 0. The Morgan fingerprint density at radius 3 is 2.21 bits per heavy atom. The van der Waals surface area contributed by atoms with E-state index in [-0.39, 0.29) is 0 Å². The lowest BCUT2D eigenvalue weighted by molar-refractivity contribution is -0.0141. The van der Waals surface area contributed by atoms with Crippen molar-refractivity contribution in [3.05, 3.63) is 19.2 Å². The zero-order valence-corrected chi connectivity index (χ0v) is 14.9. The van der Waals surface area contributed by atoms with Gasteiger partial charge in [0.25, 0.3) is 0 Å². The number of rotatable bonds is 3. The molecule has 1 aromatic heterocycles. The van der Waals surface area contributed by atoms with E-state index in [1.165, 1.54) is 38.8 Å². The molecule has 4 bridgehead atoms. The average molecular weight is 405 g/mol. The second kappa shape index (κ2) is 5.11. The van der Waals surface area contributed by atoms with Crippen molar-refractivity contribution in [3.63, 3.8) is 0 Å². The molecule has 4 aliphatic rings. The van der Waals surface area contributed by atoms with Crippen LogP contribution >= 0.6 is 43.2 Å². The van der Waals surface area contributed by atoms with E-state index in [0.717, 1.165) is 36.3 Å². The van der Waals surface area contributed by atoms with E-state index in [9.17, 15) is 0 Å². The third kappa shape index (κ3) is 2.47. The fourth-order valence-corrected chi connectivity index (χ4v) is 7.08. The molecule has 1 nitrogen and oxygen atoms in total. The predicted octanol–water partition coefficient (Wildman–Crippen LogP) is 5.19. The Bertz CT molecular complexity index is 437. The van der Waals surface area contributed by atoms with Gasteiger partial charge in [-0.05, 0) is 93.7 Å². The number of thiophene rings is 1. The molecule has 0 amide bonds. The molecule has 0 aliphatic heterocycles. The van der Waals surface area contributed by atoms with Gasteiger partial charge >= 0.3 is 0 Å². The molecule has 0 spiro atoms. The van der Waals surface area contributed by atoms with Crippen LogP contribution < -0.4 is 5.32 Å². The average Bonchev–Trinajstić information content (AvgIpc) is 2.67. The molecule has 0 radical (unpaired) electrons. The first-order valence-electron chi connectivity index (χ1n) is 7.36. The molecule has 1 heterocycles. The van der Waals surface area contributed by atoms with Gasteiger partial charge in [0.05, 0.1) is 3.79 Å². The lowest BCUT2D eigenvalue weighted by atomic mass is 9.54. The molecule has 5 rings (SSSR count). The highest BCUT2D eigenvalue weighted by molar-refractivity contribution is 9.13. The van der Waals surface area contributed by atoms with Crippen LogP contribution in [0.15, 0.2) is 14.3 Å². The quantitative estimate of drug-likeness (QED) is 0.730. The summed E-state index contributed by atoms with van der Waals surface area (Å²) in [6.45, 7) is 1.04. The fourth-order valence-electron chi connectivity index (χ4n) is 4.96.